The van der Waals surface area contributed by atoms with Gasteiger partial charge in [0.15, 0.2) is 0 Å². The Bertz CT molecular complexity index is 1220. The second kappa shape index (κ2) is 6.90. The van der Waals surface area contributed by atoms with E-state index in [1.165, 1.54) is 0 Å². The molecule has 0 amide bonds. The molecule has 0 spiro atoms. The number of aromatic amines is 2. The highest BCUT2D eigenvalue weighted by Crippen LogP contribution is 2.34. The zero-order chi connectivity index (χ0) is 19.1. The number of hydrogen-bond acceptors (Lipinski definition) is 3. The van der Waals surface area contributed by atoms with Crippen LogP contribution in [0.25, 0.3) is 22.2 Å². The number of halogens is 2. The quantitative estimate of drug-likeness (QED) is 0.400. The van der Waals surface area contributed by atoms with E-state index in [0.717, 1.165) is 14.5 Å². The molecule has 2 aromatic carbocycles. The van der Waals surface area contributed by atoms with E-state index in [4.69, 9.17) is 0 Å². The summed E-state index contributed by atoms with van der Waals surface area (Å²) in [5.41, 5.74) is 2.26. The number of carbonyl (C=O) groups is 1. The van der Waals surface area contributed by atoms with Crippen LogP contribution < -0.4 is 5.56 Å². The highest BCUT2D eigenvalue weighted by Gasteiger charge is 2.23. The molecule has 0 radical (unpaired) electrons. The molecule has 0 atom stereocenters. The maximum atomic E-state index is 13.2. The Morgan fingerprint density at radius 3 is 2.33 bits per heavy atom. The average Bonchev–Trinajstić information content (AvgIpc) is 3.00. The van der Waals surface area contributed by atoms with Crippen molar-refractivity contribution >= 4 is 48.7 Å². The van der Waals surface area contributed by atoms with Gasteiger partial charge in [0, 0.05) is 20.1 Å². The lowest BCUT2D eigenvalue weighted by molar-refractivity contribution is 0.103. The third-order valence-corrected chi connectivity index (χ3v) is 5.12. The Morgan fingerprint density at radius 2 is 1.67 bits per heavy atom. The Labute approximate surface area is 171 Å². The summed E-state index contributed by atoms with van der Waals surface area (Å²) in [4.78, 5) is 36.0. The fourth-order valence-corrected chi connectivity index (χ4v) is 4.41. The number of aryl methyl sites for hydroxylation is 1. The monoisotopic (exact) mass is 485 g/mol. The van der Waals surface area contributed by atoms with Crippen LogP contribution in [0.2, 0.25) is 0 Å². The molecule has 5 nitrogen and oxygen atoms in total. The molecule has 0 saturated heterocycles. The van der Waals surface area contributed by atoms with Crippen molar-refractivity contribution in [1.82, 2.24) is 15.0 Å². The molecule has 134 valence electrons. The highest BCUT2D eigenvalue weighted by atomic mass is 79.9. The van der Waals surface area contributed by atoms with E-state index in [1.807, 2.05) is 36.4 Å². The number of aromatic nitrogens is 3. The van der Waals surface area contributed by atoms with Gasteiger partial charge in [-0.15, -0.1) is 0 Å². The van der Waals surface area contributed by atoms with Crippen LogP contribution in [-0.4, -0.2) is 20.7 Å². The predicted octanol–water partition coefficient (Wildman–Crippen LogP) is 4.98. The molecule has 27 heavy (non-hydrogen) atoms. The Balaban J connectivity index is 2.08. The largest absolute Gasteiger partial charge is 0.337 e. The van der Waals surface area contributed by atoms with Crippen LogP contribution in [0.5, 0.6) is 0 Å². The van der Waals surface area contributed by atoms with Gasteiger partial charge in [0.2, 0.25) is 5.78 Å². The van der Waals surface area contributed by atoms with Gasteiger partial charge in [0.1, 0.15) is 11.5 Å². The van der Waals surface area contributed by atoms with Crippen LogP contribution >= 0.6 is 31.9 Å². The maximum Gasteiger partial charge on any atom is 0.283 e. The number of fused-ring (bicyclic) bond motifs is 1. The van der Waals surface area contributed by atoms with Crippen LogP contribution in [0.4, 0.5) is 0 Å². The molecule has 7 heteroatoms. The minimum absolute atomic E-state index is 0.191. The third kappa shape index (κ3) is 3.28. The molecule has 2 heterocycles. The normalized spacial score (nSPS) is 11.1. The zero-order valence-corrected chi connectivity index (χ0v) is 17.3. The Hall–Kier alpha value is -2.51. The van der Waals surface area contributed by atoms with Gasteiger partial charge in [0.05, 0.1) is 11.1 Å². The molecule has 2 N–H and O–H groups in total. The number of ketones is 1. The van der Waals surface area contributed by atoms with E-state index >= 15 is 0 Å². The van der Waals surface area contributed by atoms with Crippen LogP contribution in [0.15, 0.2) is 62.3 Å². The first-order chi connectivity index (χ1) is 12.9. The van der Waals surface area contributed by atoms with E-state index in [9.17, 15) is 9.59 Å². The number of hydrogen-bond donors (Lipinski definition) is 2. The summed E-state index contributed by atoms with van der Waals surface area (Å²) in [6.45, 7) is 1.70. The number of rotatable bonds is 3. The number of nitrogens with one attached hydrogen (secondary N) is 2. The molecule has 0 unspecified atom stereocenters. The third-order valence-electron chi connectivity index (χ3n) is 4.20. The van der Waals surface area contributed by atoms with Crippen molar-refractivity contribution in [1.29, 1.82) is 0 Å². The fraction of sp³-hybridized carbons (Fsp3) is 0.0500. The molecule has 4 aromatic rings. The SMILES string of the molecule is Cc1nc(=O)c2c(-c3cc(Br)cc(Br)c3)c(C(=O)c3ccccc3)[nH]c2[nH]1. The Kier molecular flexibility index (Phi) is 4.57. The fourth-order valence-electron chi connectivity index (χ4n) is 3.12. The van der Waals surface area contributed by atoms with E-state index in [2.05, 4.69) is 46.8 Å². The number of H-pyrrole nitrogens is 2. The molecular formula is C20H13Br2N3O2. The number of nitrogens with zero attached hydrogens (tertiary/aromatic N) is 1. The van der Waals surface area contributed by atoms with Gasteiger partial charge in [-0.3, -0.25) is 9.59 Å². The van der Waals surface area contributed by atoms with Crippen molar-refractivity contribution < 1.29 is 4.79 Å². The number of benzene rings is 2. The molecule has 0 bridgehead atoms. The summed E-state index contributed by atoms with van der Waals surface area (Å²) < 4.78 is 1.66. The summed E-state index contributed by atoms with van der Waals surface area (Å²) in [7, 11) is 0. The van der Waals surface area contributed by atoms with Crippen molar-refractivity contribution in [2.24, 2.45) is 0 Å². The standard InChI is InChI=1S/C20H13Br2N3O2/c1-10-23-19-16(20(27)24-10)15(12-7-13(21)9-14(22)8-12)17(25-19)18(26)11-5-3-2-4-6-11/h2-9H,1H3,(H2,23,24,25,27). The summed E-state index contributed by atoms with van der Waals surface area (Å²) >= 11 is 6.95. The van der Waals surface area contributed by atoms with Gasteiger partial charge in [-0.1, -0.05) is 62.2 Å². The molecule has 4 rings (SSSR count). The second-order valence-corrected chi connectivity index (χ2v) is 7.94. The van der Waals surface area contributed by atoms with Crippen molar-refractivity contribution in [2.75, 3.05) is 0 Å². The first-order valence-electron chi connectivity index (χ1n) is 8.13. The van der Waals surface area contributed by atoms with Crippen molar-refractivity contribution in [3.05, 3.63) is 84.9 Å². The molecular weight excluding hydrogens is 474 g/mol. The zero-order valence-electron chi connectivity index (χ0n) is 14.1. The van der Waals surface area contributed by atoms with Crippen molar-refractivity contribution in [3.63, 3.8) is 0 Å². The van der Waals surface area contributed by atoms with E-state index in [-0.39, 0.29) is 11.3 Å². The van der Waals surface area contributed by atoms with Gasteiger partial charge in [0.25, 0.3) is 5.56 Å². The van der Waals surface area contributed by atoms with E-state index < -0.39 is 0 Å². The first-order valence-corrected chi connectivity index (χ1v) is 9.71. The van der Waals surface area contributed by atoms with Crippen LogP contribution in [-0.2, 0) is 0 Å². The second-order valence-electron chi connectivity index (χ2n) is 6.11. The van der Waals surface area contributed by atoms with Crippen LogP contribution in [0.1, 0.15) is 21.9 Å². The summed E-state index contributed by atoms with van der Waals surface area (Å²) in [5, 5.41) is 0.366. The molecule has 0 fully saturated rings. The average molecular weight is 487 g/mol. The van der Waals surface area contributed by atoms with E-state index in [1.54, 1.807) is 19.1 Å². The summed E-state index contributed by atoms with van der Waals surface area (Å²) in [6, 6.07) is 14.6. The van der Waals surface area contributed by atoms with Gasteiger partial charge >= 0.3 is 0 Å². The van der Waals surface area contributed by atoms with Gasteiger partial charge in [-0.25, -0.2) is 0 Å². The highest BCUT2D eigenvalue weighted by molar-refractivity contribution is 9.11. The number of carbonyl (C=O) groups excluding carboxylic acids is 1. The van der Waals surface area contributed by atoms with Crippen molar-refractivity contribution in [2.45, 2.75) is 6.92 Å². The van der Waals surface area contributed by atoms with Crippen LogP contribution in [0.3, 0.4) is 0 Å². The van der Waals surface area contributed by atoms with Crippen LogP contribution in [0, 0.1) is 6.92 Å². The predicted molar refractivity (Wildman–Crippen MR) is 112 cm³/mol. The topological polar surface area (TPSA) is 78.6 Å². The molecule has 0 saturated carbocycles. The molecule has 2 aromatic heterocycles. The first kappa shape index (κ1) is 17.9. The van der Waals surface area contributed by atoms with Gasteiger partial charge < -0.3 is 9.97 Å². The summed E-state index contributed by atoms with van der Waals surface area (Å²) in [6.07, 6.45) is 0. The summed E-state index contributed by atoms with van der Waals surface area (Å²) in [5.74, 6) is 0.290. The minimum atomic E-state index is -0.379. The lowest BCUT2D eigenvalue weighted by atomic mass is 9.98. The maximum absolute atomic E-state index is 13.2. The van der Waals surface area contributed by atoms with Crippen molar-refractivity contribution in [3.8, 4) is 11.1 Å². The Morgan fingerprint density at radius 1 is 1.00 bits per heavy atom. The minimum Gasteiger partial charge on any atom is -0.337 e. The lowest BCUT2D eigenvalue weighted by Gasteiger charge is -2.06. The lowest BCUT2D eigenvalue weighted by Crippen LogP contribution is -2.09. The van der Waals surface area contributed by atoms with E-state index in [0.29, 0.717) is 33.7 Å². The molecule has 0 aliphatic rings. The van der Waals surface area contributed by atoms with Gasteiger partial charge in [-0.05, 0) is 30.7 Å². The molecule has 0 aliphatic heterocycles. The molecule has 0 aliphatic carbocycles. The smallest absolute Gasteiger partial charge is 0.283 e. The van der Waals surface area contributed by atoms with Gasteiger partial charge in [-0.2, -0.15) is 4.98 Å².